The van der Waals surface area contributed by atoms with Crippen molar-refractivity contribution in [2.45, 2.75) is 56.3 Å². The first-order chi connectivity index (χ1) is 12.1. The number of carbonyl (C=O) groups excluding carboxylic acids is 1. The van der Waals surface area contributed by atoms with E-state index in [-0.39, 0.29) is 18.1 Å². The van der Waals surface area contributed by atoms with Crippen LogP contribution in [0.4, 0.5) is 0 Å². The predicted molar refractivity (Wildman–Crippen MR) is 94.2 cm³/mol. The number of benzene rings is 1. The Bertz CT molecular complexity index is 709. The summed E-state index contributed by atoms with van der Waals surface area (Å²) in [7, 11) is 0. The summed E-state index contributed by atoms with van der Waals surface area (Å²) >= 11 is 6.18. The monoisotopic (exact) mass is 362 g/mol. The van der Waals surface area contributed by atoms with Crippen LogP contribution in [0, 0.1) is 5.92 Å². The third-order valence-electron chi connectivity index (χ3n) is 6.47. The van der Waals surface area contributed by atoms with Gasteiger partial charge in [-0.1, -0.05) is 11.6 Å². The normalized spacial score (nSPS) is 38.2. The van der Waals surface area contributed by atoms with Gasteiger partial charge in [0.2, 0.25) is 0 Å². The van der Waals surface area contributed by atoms with E-state index in [9.17, 15) is 9.90 Å². The van der Waals surface area contributed by atoms with E-state index in [0.29, 0.717) is 40.9 Å². The summed E-state index contributed by atoms with van der Waals surface area (Å²) in [4.78, 5) is 15.3. The summed E-state index contributed by atoms with van der Waals surface area (Å²) in [6.45, 7) is 1.42. The topological polar surface area (TPSA) is 61.8 Å². The maximum atomic E-state index is 12.9. The van der Waals surface area contributed by atoms with Gasteiger partial charge in [0.25, 0.3) is 5.91 Å². The van der Waals surface area contributed by atoms with Crippen molar-refractivity contribution in [3.8, 4) is 5.75 Å². The summed E-state index contributed by atoms with van der Waals surface area (Å²) < 4.78 is 5.67. The third-order valence-corrected chi connectivity index (χ3v) is 6.69. The molecule has 0 aromatic heterocycles. The molecule has 134 valence electrons. The van der Waals surface area contributed by atoms with Gasteiger partial charge < -0.3 is 15.2 Å². The molecule has 0 aliphatic carbocycles. The number of aliphatic hydroxyl groups excluding tert-OH is 1. The fraction of sp³-hybridized carbons (Fsp3) is 0.632. The molecule has 1 amide bonds. The minimum atomic E-state index is -0.162. The lowest BCUT2D eigenvalue weighted by atomic mass is 9.70. The highest BCUT2D eigenvalue weighted by Crippen LogP contribution is 2.43. The van der Waals surface area contributed by atoms with Crippen LogP contribution >= 0.6 is 11.6 Å². The van der Waals surface area contributed by atoms with Gasteiger partial charge >= 0.3 is 0 Å². The van der Waals surface area contributed by atoms with Crippen LogP contribution in [-0.2, 0) is 6.42 Å². The van der Waals surface area contributed by atoms with Crippen LogP contribution in [0.3, 0.4) is 0 Å². The van der Waals surface area contributed by atoms with Gasteiger partial charge in [-0.25, -0.2) is 0 Å². The molecule has 5 aliphatic rings. The first kappa shape index (κ1) is 15.9. The molecule has 3 atom stereocenters. The van der Waals surface area contributed by atoms with Crippen LogP contribution in [0.15, 0.2) is 12.1 Å². The molecule has 6 rings (SSSR count). The van der Waals surface area contributed by atoms with Crippen molar-refractivity contribution in [1.82, 2.24) is 10.2 Å². The molecule has 0 radical (unpaired) electrons. The molecule has 1 aromatic carbocycles. The number of nitrogens with zero attached hydrogens (tertiary/aromatic N) is 1. The van der Waals surface area contributed by atoms with E-state index in [1.54, 1.807) is 6.07 Å². The van der Waals surface area contributed by atoms with Crippen molar-refractivity contribution in [3.05, 3.63) is 28.3 Å². The Morgan fingerprint density at radius 1 is 1.24 bits per heavy atom. The zero-order valence-electron chi connectivity index (χ0n) is 14.1. The van der Waals surface area contributed by atoms with Gasteiger partial charge in [0.15, 0.2) is 0 Å². The summed E-state index contributed by atoms with van der Waals surface area (Å²) in [5.74, 6) is 1.07. The Balaban J connectivity index is 1.32. The molecule has 4 fully saturated rings. The number of hydrogen-bond acceptors (Lipinski definition) is 4. The van der Waals surface area contributed by atoms with Gasteiger partial charge in [-0.15, -0.1) is 0 Å². The van der Waals surface area contributed by atoms with E-state index in [1.165, 1.54) is 0 Å². The van der Waals surface area contributed by atoms with E-state index in [4.69, 9.17) is 16.3 Å². The number of fused-ring (bicyclic) bond motifs is 2. The van der Waals surface area contributed by atoms with Gasteiger partial charge in [-0.2, -0.15) is 0 Å². The number of carbonyl (C=O) groups is 1. The number of rotatable bonds is 2. The molecule has 1 aromatic rings. The molecule has 5 nitrogen and oxygen atoms in total. The highest BCUT2D eigenvalue weighted by Gasteiger charge is 2.48. The Morgan fingerprint density at radius 3 is 2.72 bits per heavy atom. The van der Waals surface area contributed by atoms with Crippen LogP contribution in [0.1, 0.15) is 41.6 Å². The van der Waals surface area contributed by atoms with E-state index in [1.807, 2.05) is 6.07 Å². The molecular weight excluding hydrogens is 340 g/mol. The highest BCUT2D eigenvalue weighted by molar-refractivity contribution is 6.31. The maximum Gasteiger partial charge on any atom is 0.255 e. The number of aliphatic hydroxyl groups is 1. The van der Waals surface area contributed by atoms with Crippen molar-refractivity contribution in [1.29, 1.82) is 0 Å². The van der Waals surface area contributed by atoms with Gasteiger partial charge in [-0.3, -0.25) is 9.69 Å². The molecule has 3 unspecified atom stereocenters. The maximum absolute atomic E-state index is 12.9. The zero-order valence-corrected chi connectivity index (χ0v) is 14.8. The van der Waals surface area contributed by atoms with E-state index >= 15 is 0 Å². The lowest BCUT2D eigenvalue weighted by molar-refractivity contribution is -0.110. The number of ether oxygens (including phenoxy) is 1. The zero-order chi connectivity index (χ0) is 17.1. The van der Waals surface area contributed by atoms with Crippen LogP contribution in [0.25, 0.3) is 0 Å². The number of piperidine rings is 4. The lowest BCUT2D eigenvalue weighted by Crippen LogP contribution is -2.65. The van der Waals surface area contributed by atoms with E-state index in [2.05, 4.69) is 10.2 Å². The molecule has 25 heavy (non-hydrogen) atoms. The number of amides is 1. The standard InChI is InChI=1S/C19H23ClN2O3/c20-12-3-10-1-2-25-18(10)16(6-12)19(24)21-13-7-14-4-11-5-15(8-13)22(14)9-17(11)23/h3,6,11,13-15,17,23H,1-2,4-5,7-9H2,(H,21,24). The first-order valence-corrected chi connectivity index (χ1v) is 9.66. The second-order valence-corrected chi connectivity index (χ2v) is 8.42. The Kier molecular flexibility index (Phi) is 3.73. The Hall–Kier alpha value is -1.30. The average molecular weight is 363 g/mol. The van der Waals surface area contributed by atoms with Crippen LogP contribution in [-0.4, -0.2) is 53.3 Å². The summed E-state index contributed by atoms with van der Waals surface area (Å²) in [5.41, 5.74) is 1.59. The number of halogens is 1. The van der Waals surface area contributed by atoms with Gasteiger partial charge in [0.05, 0.1) is 18.3 Å². The number of hydrogen-bond donors (Lipinski definition) is 2. The minimum absolute atomic E-state index is 0.0779. The van der Waals surface area contributed by atoms with Crippen molar-refractivity contribution < 1.29 is 14.6 Å². The van der Waals surface area contributed by atoms with Gasteiger partial charge in [0, 0.05) is 36.1 Å². The summed E-state index contributed by atoms with van der Waals surface area (Å²) in [6.07, 6.45) is 4.69. The van der Waals surface area contributed by atoms with Crippen LogP contribution < -0.4 is 10.1 Å². The third kappa shape index (κ3) is 2.64. The van der Waals surface area contributed by atoms with Gasteiger partial charge in [-0.05, 0) is 49.3 Å². The second kappa shape index (κ2) is 5.86. The van der Waals surface area contributed by atoms with E-state index < -0.39 is 0 Å². The summed E-state index contributed by atoms with van der Waals surface area (Å²) in [6, 6.07) is 4.78. The fourth-order valence-electron chi connectivity index (χ4n) is 5.38. The molecule has 0 saturated carbocycles. The van der Waals surface area contributed by atoms with Crippen LogP contribution in [0.5, 0.6) is 5.75 Å². The minimum Gasteiger partial charge on any atom is -0.492 e. The van der Waals surface area contributed by atoms with Crippen molar-refractivity contribution in [2.75, 3.05) is 13.2 Å². The second-order valence-electron chi connectivity index (χ2n) is 7.99. The molecular formula is C19H23ClN2O3. The fourth-order valence-corrected chi connectivity index (χ4v) is 5.62. The molecule has 6 heteroatoms. The Labute approximate surface area is 152 Å². The molecule has 5 aliphatic heterocycles. The molecule has 4 bridgehead atoms. The van der Waals surface area contributed by atoms with Crippen molar-refractivity contribution in [3.63, 3.8) is 0 Å². The predicted octanol–water partition coefficient (Wildman–Crippen LogP) is 1.99. The molecule has 0 spiro atoms. The largest absolute Gasteiger partial charge is 0.492 e. The van der Waals surface area contributed by atoms with Crippen molar-refractivity contribution >= 4 is 17.5 Å². The highest BCUT2D eigenvalue weighted by atomic mass is 35.5. The Morgan fingerprint density at radius 2 is 2.00 bits per heavy atom. The van der Waals surface area contributed by atoms with E-state index in [0.717, 1.165) is 44.2 Å². The first-order valence-electron chi connectivity index (χ1n) is 9.28. The number of nitrogens with one attached hydrogen (secondary N) is 1. The molecule has 2 N–H and O–H groups in total. The summed E-state index contributed by atoms with van der Waals surface area (Å²) in [5, 5.41) is 13.9. The van der Waals surface area contributed by atoms with Crippen LogP contribution in [0.2, 0.25) is 5.02 Å². The molecule has 4 saturated heterocycles. The SMILES string of the molecule is O=C(NC1CC2CC3CC(C1)N2CC3O)c1cc(Cl)cc2c1OCC2. The molecule has 5 heterocycles. The smallest absolute Gasteiger partial charge is 0.255 e. The lowest BCUT2D eigenvalue weighted by Gasteiger charge is -2.57. The van der Waals surface area contributed by atoms with Gasteiger partial charge in [0.1, 0.15) is 5.75 Å². The average Bonchev–Trinajstić information content (AvgIpc) is 3.02. The van der Waals surface area contributed by atoms with Crippen molar-refractivity contribution in [2.24, 2.45) is 5.92 Å². The quantitative estimate of drug-likeness (QED) is 0.844.